The fourth-order valence-corrected chi connectivity index (χ4v) is 1.74. The molecule has 70 valence electrons. The molecule has 0 aromatic heterocycles. The number of hydrogen-bond acceptors (Lipinski definition) is 1. The second kappa shape index (κ2) is 2.73. The van der Waals surface area contributed by atoms with Gasteiger partial charge in [0.1, 0.15) is 5.82 Å². The van der Waals surface area contributed by atoms with Crippen LogP contribution in [0.5, 0.6) is 0 Å². The van der Waals surface area contributed by atoms with E-state index in [4.69, 9.17) is 5.73 Å². The molecule has 2 N–H and O–H groups in total. The summed E-state index contributed by atoms with van der Waals surface area (Å²) in [4.78, 5) is 0. The molecule has 1 aromatic carbocycles. The van der Waals surface area contributed by atoms with Crippen LogP contribution in [0.2, 0.25) is 0 Å². The Morgan fingerprint density at radius 1 is 1.23 bits per heavy atom. The standard InChI is InChI=1S/C9H8F3N/c10-5-3-6(11)9(12)8-4(5)1-2-7(8)13/h3,7H,1-2,13H2/t7-/m0/s1. The predicted octanol–water partition coefficient (Wildman–Crippen LogP) is 2.05. The topological polar surface area (TPSA) is 26.0 Å². The molecular formula is C9H8F3N. The quantitative estimate of drug-likeness (QED) is 0.618. The first-order chi connectivity index (χ1) is 6.11. The van der Waals surface area contributed by atoms with Crippen LogP contribution in [0, 0.1) is 17.5 Å². The predicted molar refractivity (Wildman–Crippen MR) is 41.6 cm³/mol. The van der Waals surface area contributed by atoms with E-state index in [0.717, 1.165) is 0 Å². The van der Waals surface area contributed by atoms with E-state index in [-0.39, 0.29) is 11.1 Å². The normalized spacial score (nSPS) is 20.5. The Kier molecular flexibility index (Phi) is 1.80. The van der Waals surface area contributed by atoms with Gasteiger partial charge < -0.3 is 5.73 Å². The SMILES string of the molecule is N[C@H]1CCc2c(F)cc(F)c(F)c21. The molecule has 1 atom stereocenters. The molecule has 0 heterocycles. The summed E-state index contributed by atoms with van der Waals surface area (Å²) in [5.41, 5.74) is 5.75. The van der Waals surface area contributed by atoms with Crippen LogP contribution in [-0.4, -0.2) is 0 Å². The average Bonchev–Trinajstić information content (AvgIpc) is 2.44. The zero-order valence-corrected chi connectivity index (χ0v) is 6.78. The van der Waals surface area contributed by atoms with Crippen molar-refractivity contribution < 1.29 is 13.2 Å². The summed E-state index contributed by atoms with van der Waals surface area (Å²) in [5.74, 6) is -2.85. The van der Waals surface area contributed by atoms with Gasteiger partial charge in [0, 0.05) is 17.7 Å². The molecule has 0 spiro atoms. The van der Waals surface area contributed by atoms with E-state index in [2.05, 4.69) is 0 Å². The Labute approximate surface area is 73.4 Å². The molecule has 0 fully saturated rings. The largest absolute Gasteiger partial charge is 0.324 e. The first-order valence-electron chi connectivity index (χ1n) is 4.03. The van der Waals surface area contributed by atoms with Crippen molar-refractivity contribution in [2.24, 2.45) is 5.73 Å². The van der Waals surface area contributed by atoms with E-state index in [0.29, 0.717) is 18.9 Å². The number of hydrogen-bond donors (Lipinski definition) is 1. The highest BCUT2D eigenvalue weighted by Crippen LogP contribution is 2.34. The van der Waals surface area contributed by atoms with Gasteiger partial charge in [-0.15, -0.1) is 0 Å². The molecule has 0 amide bonds. The average molecular weight is 187 g/mol. The molecule has 0 saturated carbocycles. The first kappa shape index (κ1) is 8.56. The Hall–Kier alpha value is -1.03. The number of benzene rings is 1. The molecule has 0 radical (unpaired) electrons. The van der Waals surface area contributed by atoms with Gasteiger partial charge in [0.05, 0.1) is 0 Å². The zero-order valence-electron chi connectivity index (χ0n) is 6.78. The molecule has 0 saturated heterocycles. The van der Waals surface area contributed by atoms with Gasteiger partial charge in [-0.05, 0) is 18.4 Å². The van der Waals surface area contributed by atoms with Crippen LogP contribution < -0.4 is 5.73 Å². The number of fused-ring (bicyclic) bond motifs is 1. The van der Waals surface area contributed by atoms with Gasteiger partial charge in [-0.3, -0.25) is 0 Å². The Morgan fingerprint density at radius 2 is 1.92 bits per heavy atom. The minimum absolute atomic E-state index is 0.0116. The molecule has 0 bridgehead atoms. The van der Waals surface area contributed by atoms with Gasteiger partial charge >= 0.3 is 0 Å². The van der Waals surface area contributed by atoms with Crippen molar-refractivity contribution in [3.8, 4) is 0 Å². The molecular weight excluding hydrogens is 179 g/mol. The van der Waals surface area contributed by atoms with Crippen LogP contribution in [0.15, 0.2) is 6.07 Å². The van der Waals surface area contributed by atoms with Crippen LogP contribution >= 0.6 is 0 Å². The molecule has 1 aromatic rings. The fraction of sp³-hybridized carbons (Fsp3) is 0.333. The molecule has 4 heteroatoms. The van der Waals surface area contributed by atoms with Crippen molar-refractivity contribution in [2.75, 3.05) is 0 Å². The summed E-state index contributed by atoms with van der Waals surface area (Å²) in [6, 6.07) is 0.00634. The number of rotatable bonds is 0. The highest BCUT2D eigenvalue weighted by Gasteiger charge is 2.28. The van der Waals surface area contributed by atoms with Gasteiger partial charge in [-0.25, -0.2) is 13.2 Å². The molecule has 2 rings (SSSR count). The number of halogens is 3. The summed E-state index contributed by atoms with van der Waals surface area (Å²) < 4.78 is 38.9. The summed E-state index contributed by atoms with van der Waals surface area (Å²) in [6.45, 7) is 0. The maximum atomic E-state index is 13.1. The lowest BCUT2D eigenvalue weighted by molar-refractivity contribution is 0.479. The highest BCUT2D eigenvalue weighted by molar-refractivity contribution is 5.37. The van der Waals surface area contributed by atoms with Crippen molar-refractivity contribution in [3.63, 3.8) is 0 Å². The lowest BCUT2D eigenvalue weighted by Gasteiger charge is -2.07. The van der Waals surface area contributed by atoms with Crippen LogP contribution in [0.4, 0.5) is 13.2 Å². The van der Waals surface area contributed by atoms with Crippen molar-refractivity contribution in [2.45, 2.75) is 18.9 Å². The lowest BCUT2D eigenvalue weighted by atomic mass is 10.1. The van der Waals surface area contributed by atoms with Crippen LogP contribution in [0.3, 0.4) is 0 Å². The molecule has 1 nitrogen and oxygen atoms in total. The summed E-state index contributed by atoms with van der Waals surface area (Å²) >= 11 is 0. The maximum absolute atomic E-state index is 13.1. The van der Waals surface area contributed by atoms with Crippen molar-refractivity contribution in [1.82, 2.24) is 0 Å². The minimum Gasteiger partial charge on any atom is -0.324 e. The van der Waals surface area contributed by atoms with Gasteiger partial charge in [0.15, 0.2) is 11.6 Å². The van der Waals surface area contributed by atoms with Gasteiger partial charge in [-0.2, -0.15) is 0 Å². The van der Waals surface area contributed by atoms with Crippen LogP contribution in [0.1, 0.15) is 23.6 Å². The Bertz CT molecular complexity index is 362. The molecule has 0 aliphatic heterocycles. The highest BCUT2D eigenvalue weighted by atomic mass is 19.2. The van der Waals surface area contributed by atoms with Crippen LogP contribution in [-0.2, 0) is 6.42 Å². The van der Waals surface area contributed by atoms with E-state index in [1.165, 1.54) is 0 Å². The van der Waals surface area contributed by atoms with Crippen molar-refractivity contribution in [1.29, 1.82) is 0 Å². The lowest BCUT2D eigenvalue weighted by Crippen LogP contribution is -2.09. The van der Waals surface area contributed by atoms with Gasteiger partial charge in [0.25, 0.3) is 0 Å². The summed E-state index contributed by atoms with van der Waals surface area (Å²) in [7, 11) is 0. The smallest absolute Gasteiger partial charge is 0.164 e. The van der Waals surface area contributed by atoms with Crippen molar-refractivity contribution in [3.05, 3.63) is 34.6 Å². The molecule has 1 aliphatic carbocycles. The molecule has 0 unspecified atom stereocenters. The van der Waals surface area contributed by atoms with E-state index in [9.17, 15) is 13.2 Å². The summed E-state index contributed by atoms with van der Waals surface area (Å²) in [6.07, 6.45) is 0.867. The minimum atomic E-state index is -1.16. The third-order valence-corrected chi connectivity index (χ3v) is 2.39. The van der Waals surface area contributed by atoms with E-state index in [1.807, 2.05) is 0 Å². The van der Waals surface area contributed by atoms with Gasteiger partial charge in [-0.1, -0.05) is 0 Å². The van der Waals surface area contributed by atoms with E-state index in [1.54, 1.807) is 0 Å². The Balaban J connectivity index is 2.70. The molecule has 13 heavy (non-hydrogen) atoms. The second-order valence-corrected chi connectivity index (χ2v) is 3.19. The van der Waals surface area contributed by atoms with E-state index < -0.39 is 23.5 Å². The summed E-state index contributed by atoms with van der Waals surface area (Å²) in [5, 5.41) is 0. The third-order valence-electron chi connectivity index (χ3n) is 2.39. The zero-order chi connectivity index (χ0) is 9.59. The van der Waals surface area contributed by atoms with Crippen LogP contribution in [0.25, 0.3) is 0 Å². The van der Waals surface area contributed by atoms with E-state index >= 15 is 0 Å². The second-order valence-electron chi connectivity index (χ2n) is 3.19. The Morgan fingerprint density at radius 3 is 2.62 bits per heavy atom. The first-order valence-corrected chi connectivity index (χ1v) is 4.03. The number of nitrogens with two attached hydrogens (primary N) is 1. The third kappa shape index (κ3) is 1.13. The molecule has 1 aliphatic rings. The monoisotopic (exact) mass is 187 g/mol. The fourth-order valence-electron chi connectivity index (χ4n) is 1.74. The van der Waals surface area contributed by atoms with Crippen molar-refractivity contribution >= 4 is 0 Å². The van der Waals surface area contributed by atoms with Gasteiger partial charge in [0.2, 0.25) is 0 Å². The maximum Gasteiger partial charge on any atom is 0.164 e.